The zero-order chi connectivity index (χ0) is 25.2. The molecule has 1 unspecified atom stereocenters. The zero-order valence-corrected chi connectivity index (χ0v) is 21.3. The fourth-order valence-electron chi connectivity index (χ4n) is 5.61. The fourth-order valence-corrected chi connectivity index (χ4v) is 5.61. The van der Waals surface area contributed by atoms with Crippen LogP contribution in [0.15, 0.2) is 30.6 Å². The molecule has 10 heteroatoms. The van der Waals surface area contributed by atoms with Crippen LogP contribution in [0, 0.1) is 0 Å². The van der Waals surface area contributed by atoms with Gasteiger partial charge < -0.3 is 19.9 Å². The van der Waals surface area contributed by atoms with Crippen molar-refractivity contribution in [1.82, 2.24) is 34.6 Å². The SMILES string of the molecule is O=C(c1ccc(Nc2ncc3cc4n(c3n2)CCCCCCNC4O)nc1)N1CCN(C2CCC2)CC1. The molecule has 3 aromatic heterocycles. The average molecular weight is 505 g/mol. The molecule has 5 heterocycles. The minimum Gasteiger partial charge on any atom is -0.373 e. The third-order valence-corrected chi connectivity index (χ3v) is 8.04. The molecule has 1 saturated carbocycles. The Labute approximate surface area is 217 Å². The highest BCUT2D eigenvalue weighted by molar-refractivity contribution is 5.94. The largest absolute Gasteiger partial charge is 0.373 e. The van der Waals surface area contributed by atoms with Crippen LogP contribution in [0.25, 0.3) is 11.0 Å². The van der Waals surface area contributed by atoms with E-state index in [1.807, 2.05) is 17.0 Å². The van der Waals surface area contributed by atoms with Gasteiger partial charge >= 0.3 is 0 Å². The Balaban J connectivity index is 1.13. The van der Waals surface area contributed by atoms with Crippen LogP contribution < -0.4 is 10.6 Å². The van der Waals surface area contributed by atoms with E-state index in [0.717, 1.165) is 87.7 Å². The van der Waals surface area contributed by atoms with Crippen molar-refractivity contribution in [2.24, 2.45) is 0 Å². The molecule has 0 radical (unpaired) electrons. The van der Waals surface area contributed by atoms with Crippen molar-refractivity contribution < 1.29 is 9.90 Å². The van der Waals surface area contributed by atoms with Gasteiger partial charge in [-0.25, -0.2) is 9.97 Å². The van der Waals surface area contributed by atoms with Crippen LogP contribution in [-0.4, -0.2) is 79.1 Å². The first-order valence-electron chi connectivity index (χ1n) is 13.7. The van der Waals surface area contributed by atoms with E-state index in [2.05, 4.69) is 30.1 Å². The summed E-state index contributed by atoms with van der Waals surface area (Å²) in [5.74, 6) is 1.06. The van der Waals surface area contributed by atoms with Gasteiger partial charge in [-0.3, -0.25) is 15.0 Å². The Morgan fingerprint density at radius 1 is 0.973 bits per heavy atom. The number of aliphatic hydroxyl groups excluding tert-OH is 1. The van der Waals surface area contributed by atoms with Crippen LogP contribution in [0.5, 0.6) is 0 Å². The highest BCUT2D eigenvalue weighted by Gasteiger charge is 2.29. The smallest absolute Gasteiger partial charge is 0.255 e. The highest BCUT2D eigenvalue weighted by atomic mass is 16.3. The van der Waals surface area contributed by atoms with Crippen molar-refractivity contribution in [2.75, 3.05) is 38.0 Å². The second-order valence-corrected chi connectivity index (χ2v) is 10.4. The molecule has 196 valence electrons. The van der Waals surface area contributed by atoms with Crippen LogP contribution in [0.4, 0.5) is 11.8 Å². The summed E-state index contributed by atoms with van der Waals surface area (Å²) in [6.45, 7) is 5.06. The molecule has 3 aliphatic rings. The first kappa shape index (κ1) is 24.3. The van der Waals surface area contributed by atoms with E-state index in [1.54, 1.807) is 18.5 Å². The summed E-state index contributed by atoms with van der Waals surface area (Å²) in [7, 11) is 0. The Hall–Kier alpha value is -3.08. The Bertz CT molecular complexity index is 1230. The van der Waals surface area contributed by atoms with Gasteiger partial charge in [0.1, 0.15) is 17.7 Å². The minimum absolute atomic E-state index is 0.0376. The number of nitrogens with zero attached hydrogens (tertiary/aromatic N) is 6. The quantitative estimate of drug-likeness (QED) is 0.497. The van der Waals surface area contributed by atoms with Crippen LogP contribution >= 0.6 is 0 Å². The van der Waals surface area contributed by atoms with E-state index >= 15 is 0 Å². The molecule has 2 fully saturated rings. The lowest BCUT2D eigenvalue weighted by molar-refractivity contribution is 0.0455. The van der Waals surface area contributed by atoms with Gasteiger partial charge in [-0.2, -0.15) is 4.98 Å². The van der Waals surface area contributed by atoms with E-state index < -0.39 is 6.23 Å². The summed E-state index contributed by atoms with van der Waals surface area (Å²) in [6.07, 6.45) is 11.0. The Morgan fingerprint density at radius 2 is 1.81 bits per heavy atom. The standard InChI is InChI=1S/C27H36N8O2/c36-25-22-16-20-18-30-27(32-24(20)35(22)11-4-2-1-3-10-28-25)31-23-9-8-19(17-29-23)26(37)34-14-12-33(13-15-34)21-6-5-7-21/h8-9,16-18,21,25,28,36H,1-7,10-15H2,(H,29,30,31,32). The number of amides is 1. The first-order chi connectivity index (χ1) is 18.2. The number of anilines is 2. The van der Waals surface area contributed by atoms with Gasteiger partial charge in [-0.15, -0.1) is 0 Å². The molecule has 1 atom stereocenters. The van der Waals surface area contributed by atoms with Crippen LogP contribution in [-0.2, 0) is 6.54 Å². The molecule has 2 aliphatic heterocycles. The number of carbonyl (C=O) groups is 1. The predicted octanol–water partition coefficient (Wildman–Crippen LogP) is 3.03. The summed E-state index contributed by atoms with van der Waals surface area (Å²) in [5, 5.41) is 17.9. The zero-order valence-electron chi connectivity index (χ0n) is 21.3. The van der Waals surface area contributed by atoms with Crippen molar-refractivity contribution in [3.05, 3.63) is 41.9 Å². The van der Waals surface area contributed by atoms with E-state index in [-0.39, 0.29) is 5.91 Å². The topological polar surface area (TPSA) is 111 Å². The van der Waals surface area contributed by atoms with Crippen molar-refractivity contribution in [3.63, 3.8) is 0 Å². The van der Waals surface area contributed by atoms with Gasteiger partial charge in [-0.05, 0) is 50.4 Å². The molecule has 3 N–H and O–H groups in total. The number of aromatic nitrogens is 4. The number of pyridine rings is 1. The molecule has 10 nitrogen and oxygen atoms in total. The lowest BCUT2D eigenvalue weighted by Crippen LogP contribution is -2.53. The third-order valence-electron chi connectivity index (χ3n) is 8.04. The second kappa shape index (κ2) is 10.7. The van der Waals surface area contributed by atoms with Gasteiger partial charge in [0.05, 0.1) is 11.3 Å². The predicted molar refractivity (Wildman–Crippen MR) is 142 cm³/mol. The molecular formula is C27H36N8O2. The maximum absolute atomic E-state index is 13.0. The summed E-state index contributed by atoms with van der Waals surface area (Å²) < 4.78 is 2.09. The fraction of sp³-hybridized carbons (Fsp3) is 0.556. The molecule has 1 saturated heterocycles. The average Bonchev–Trinajstić information content (AvgIpc) is 3.25. The summed E-state index contributed by atoms with van der Waals surface area (Å²) in [5.41, 5.74) is 2.21. The lowest BCUT2D eigenvalue weighted by Gasteiger charge is -2.42. The molecule has 0 aromatic carbocycles. The van der Waals surface area contributed by atoms with Crippen LogP contribution in [0.3, 0.4) is 0 Å². The van der Waals surface area contributed by atoms with Gasteiger partial charge in [0, 0.05) is 56.5 Å². The summed E-state index contributed by atoms with van der Waals surface area (Å²) >= 11 is 0. The first-order valence-corrected chi connectivity index (χ1v) is 13.7. The number of piperazine rings is 1. The number of aryl methyl sites for hydroxylation is 1. The summed E-state index contributed by atoms with van der Waals surface area (Å²) in [6, 6.07) is 6.31. The molecule has 3 aromatic rings. The maximum Gasteiger partial charge on any atom is 0.255 e. The molecule has 0 bridgehead atoms. The third kappa shape index (κ3) is 5.18. The maximum atomic E-state index is 13.0. The molecule has 37 heavy (non-hydrogen) atoms. The van der Waals surface area contributed by atoms with E-state index in [0.29, 0.717) is 17.3 Å². The number of rotatable bonds is 4. The minimum atomic E-state index is -0.725. The van der Waals surface area contributed by atoms with Crippen LogP contribution in [0.1, 0.15) is 67.2 Å². The van der Waals surface area contributed by atoms with Gasteiger partial charge in [0.15, 0.2) is 0 Å². The van der Waals surface area contributed by atoms with Crippen molar-refractivity contribution in [3.8, 4) is 0 Å². The van der Waals surface area contributed by atoms with E-state index in [9.17, 15) is 9.90 Å². The van der Waals surface area contributed by atoms with Crippen LogP contribution in [0.2, 0.25) is 0 Å². The number of hydrogen-bond acceptors (Lipinski definition) is 8. The highest BCUT2D eigenvalue weighted by Crippen LogP contribution is 2.27. The Kier molecular flexibility index (Phi) is 7.04. The van der Waals surface area contributed by atoms with Crippen molar-refractivity contribution in [2.45, 2.75) is 63.8 Å². The molecule has 0 spiro atoms. The number of carbonyl (C=O) groups excluding carboxylic acids is 1. The van der Waals surface area contributed by atoms with Gasteiger partial charge in [0.25, 0.3) is 5.91 Å². The normalized spacial score (nSPS) is 21.9. The number of fused-ring (bicyclic) bond motifs is 3. The Morgan fingerprint density at radius 3 is 2.57 bits per heavy atom. The number of hydrogen-bond donors (Lipinski definition) is 3. The van der Waals surface area contributed by atoms with E-state index in [4.69, 9.17) is 4.98 Å². The monoisotopic (exact) mass is 504 g/mol. The van der Waals surface area contributed by atoms with Gasteiger partial charge in [-0.1, -0.05) is 19.3 Å². The number of nitrogens with one attached hydrogen (secondary N) is 2. The van der Waals surface area contributed by atoms with Gasteiger partial charge in [0.2, 0.25) is 5.95 Å². The second-order valence-electron chi connectivity index (χ2n) is 10.4. The molecule has 1 aliphatic carbocycles. The lowest BCUT2D eigenvalue weighted by atomic mass is 9.91. The van der Waals surface area contributed by atoms with E-state index in [1.165, 1.54) is 19.3 Å². The summed E-state index contributed by atoms with van der Waals surface area (Å²) in [4.78, 5) is 31.1. The van der Waals surface area contributed by atoms with Crippen molar-refractivity contribution in [1.29, 1.82) is 0 Å². The molecule has 6 rings (SSSR count). The molecule has 1 amide bonds. The number of aliphatic hydroxyl groups is 1. The molecular weight excluding hydrogens is 468 g/mol. The van der Waals surface area contributed by atoms with Crippen molar-refractivity contribution >= 4 is 28.7 Å².